The molecule has 16 nitrogen and oxygen atoms in total. The van der Waals surface area contributed by atoms with Crippen LogP contribution in [0.5, 0.6) is 0 Å². The number of nitrogens with zero attached hydrogens (tertiary/aromatic N) is 3. The average Bonchev–Trinajstić information content (AvgIpc) is 3.78. The van der Waals surface area contributed by atoms with Gasteiger partial charge < -0.3 is 35.3 Å². The summed E-state index contributed by atoms with van der Waals surface area (Å²) < 4.78 is 24.4. The second-order valence-electron chi connectivity index (χ2n) is 19.4. The second-order valence-corrected chi connectivity index (χ2v) is 19.4. The summed E-state index contributed by atoms with van der Waals surface area (Å²) >= 11 is 0. The van der Waals surface area contributed by atoms with Crippen molar-refractivity contribution >= 4 is 35.1 Å². The van der Waals surface area contributed by atoms with Crippen LogP contribution in [0.25, 0.3) is 0 Å². The molecule has 1 aromatic heterocycles. The Morgan fingerprint density at radius 2 is 1.26 bits per heavy atom. The summed E-state index contributed by atoms with van der Waals surface area (Å²) in [5.74, 6) is -0.518. The maximum Gasteiger partial charge on any atom is 0.226 e. The Morgan fingerprint density at radius 3 is 1.71 bits per heavy atom. The number of hydrogen-bond acceptors (Lipinski definition) is 12. The van der Waals surface area contributed by atoms with E-state index in [4.69, 9.17) is 24.7 Å². The van der Waals surface area contributed by atoms with Gasteiger partial charge >= 0.3 is 0 Å². The van der Waals surface area contributed by atoms with Gasteiger partial charge in [-0.1, -0.05) is 102 Å². The third-order valence-corrected chi connectivity index (χ3v) is 13.0. The van der Waals surface area contributed by atoms with E-state index in [0.717, 1.165) is 12.1 Å². The van der Waals surface area contributed by atoms with Crippen LogP contribution in [0.15, 0.2) is 6.20 Å². The maximum atomic E-state index is 13.4. The monoisotopic (exact) mass is 925 g/mol. The van der Waals surface area contributed by atoms with E-state index in [-0.39, 0.29) is 105 Å². The van der Waals surface area contributed by atoms with Crippen LogP contribution in [0.1, 0.15) is 175 Å². The predicted molar refractivity (Wildman–Crippen MR) is 256 cm³/mol. The third kappa shape index (κ3) is 20.8. The van der Waals surface area contributed by atoms with Gasteiger partial charge in [0.05, 0.1) is 61.7 Å². The molecule has 16 heteroatoms. The van der Waals surface area contributed by atoms with E-state index < -0.39 is 27.2 Å². The van der Waals surface area contributed by atoms with Crippen molar-refractivity contribution in [3.8, 4) is 0 Å². The van der Waals surface area contributed by atoms with E-state index in [9.17, 15) is 28.8 Å². The van der Waals surface area contributed by atoms with Gasteiger partial charge in [0, 0.05) is 69.4 Å². The lowest BCUT2D eigenvalue weighted by molar-refractivity contribution is -0.137. The smallest absolute Gasteiger partial charge is 0.226 e. The summed E-state index contributed by atoms with van der Waals surface area (Å²) in [7, 11) is 0. The van der Waals surface area contributed by atoms with E-state index in [1.807, 2.05) is 101 Å². The number of primary amides is 1. The number of aromatic nitrogens is 3. The molecular formula is C49H92N6O10. The summed E-state index contributed by atoms with van der Waals surface area (Å²) in [5.41, 5.74) is 2.59. The number of hydrogen-bond donors (Lipinski definition) is 3. The quantitative estimate of drug-likeness (QED) is 0.0618. The fourth-order valence-electron chi connectivity index (χ4n) is 6.07. The van der Waals surface area contributed by atoms with Crippen molar-refractivity contribution in [3.05, 3.63) is 11.9 Å². The number of amides is 3. The van der Waals surface area contributed by atoms with Crippen LogP contribution in [0.2, 0.25) is 0 Å². The first kappa shape index (κ1) is 63.5. The van der Waals surface area contributed by atoms with Crippen LogP contribution in [-0.4, -0.2) is 115 Å². The van der Waals surface area contributed by atoms with Crippen molar-refractivity contribution in [2.75, 3.05) is 59.4 Å². The third-order valence-electron chi connectivity index (χ3n) is 13.0. The molecule has 2 unspecified atom stereocenters. The number of nitrogens with one attached hydrogen (secondary N) is 2. The van der Waals surface area contributed by atoms with Gasteiger partial charge in [0.15, 0.2) is 0 Å². The molecule has 0 aliphatic heterocycles. The number of ether oxygens (including phenoxy) is 4. The van der Waals surface area contributed by atoms with Gasteiger partial charge in [-0.2, -0.15) is 0 Å². The van der Waals surface area contributed by atoms with Gasteiger partial charge in [0.1, 0.15) is 22.9 Å². The molecule has 0 aliphatic rings. The Labute approximate surface area is 392 Å². The highest BCUT2D eigenvalue weighted by Gasteiger charge is 2.49. The number of Topliss-reactive ketones (excluding diaryl/α,β-unsaturated/α-hetero) is 3. The van der Waals surface area contributed by atoms with Crippen molar-refractivity contribution in [3.63, 3.8) is 0 Å². The molecule has 1 rings (SSSR count). The van der Waals surface area contributed by atoms with E-state index in [1.165, 1.54) is 6.92 Å². The molecule has 1 aromatic rings. The SMILES string of the molecule is CC.CCC(=O)CCOCC(COCCC(C)=O)(COCCC(=O)C(C)C)NC(=O)CC.CCOCCC(C)(C)n1cc(C(C)(C)C(C)(C)C(=O)NCC(C)(CC)C(C)(C)C(N)=O)nn1. The van der Waals surface area contributed by atoms with Crippen LogP contribution in [-0.2, 0) is 58.7 Å². The zero-order chi connectivity index (χ0) is 50.9. The fraction of sp³-hybridized carbons (Fsp3) is 0.837. The summed E-state index contributed by atoms with van der Waals surface area (Å²) in [5, 5.41) is 14.9. The number of carbonyl (C=O) groups excluding carboxylic acids is 6. The van der Waals surface area contributed by atoms with E-state index >= 15 is 0 Å². The first-order chi connectivity index (χ1) is 30.1. The summed E-state index contributed by atoms with van der Waals surface area (Å²) in [4.78, 5) is 72.1. The summed E-state index contributed by atoms with van der Waals surface area (Å²) in [6, 6.07) is 0. The van der Waals surface area contributed by atoms with Crippen molar-refractivity contribution in [2.45, 2.75) is 186 Å². The normalized spacial score (nSPS) is 13.9. The Hall–Kier alpha value is -3.60. The molecule has 3 amide bonds. The van der Waals surface area contributed by atoms with Crippen LogP contribution >= 0.6 is 0 Å². The standard InChI is InChI=1S/C25H47N5O3.C22H39NO7.C2H6/c1-12-25(11,23(7,8)19(26)31)17-27-20(32)24(9,10)22(5,6)18-16-30(29-28-18)21(3,4)14-15-33-13-2;1-6-19(25)9-12-29-15-22(23-21(27)7-2,14-28-11-8-18(5)24)16-30-13-10-20(26)17(3)4;1-2/h16H,12-15,17H2,1-11H3,(H2,26,31)(H,27,32);17H,6-16H2,1-5H3,(H,23,27);1-2H3. The van der Waals surface area contributed by atoms with Gasteiger partial charge in [-0.25, -0.2) is 4.68 Å². The fourth-order valence-corrected chi connectivity index (χ4v) is 6.07. The minimum Gasteiger partial charge on any atom is -0.382 e. The minimum absolute atomic E-state index is 0.0102. The molecule has 0 saturated carbocycles. The number of carbonyl (C=O) groups is 6. The first-order valence-electron chi connectivity index (χ1n) is 23.7. The van der Waals surface area contributed by atoms with E-state index in [2.05, 4.69) is 34.8 Å². The predicted octanol–water partition coefficient (Wildman–Crippen LogP) is 7.08. The van der Waals surface area contributed by atoms with Crippen molar-refractivity contribution in [1.29, 1.82) is 0 Å². The second kappa shape index (κ2) is 29.9. The summed E-state index contributed by atoms with van der Waals surface area (Å²) in [6.45, 7) is 37.0. The largest absolute Gasteiger partial charge is 0.382 e. The van der Waals surface area contributed by atoms with Gasteiger partial charge in [0.25, 0.3) is 0 Å². The molecule has 0 fully saturated rings. The molecular weight excluding hydrogens is 833 g/mol. The Balaban J connectivity index is 0. The highest BCUT2D eigenvalue weighted by atomic mass is 16.5. The number of rotatable bonds is 32. The Kier molecular flexibility index (Phi) is 29.2. The molecule has 0 aliphatic carbocycles. The lowest BCUT2D eigenvalue weighted by Crippen LogP contribution is -2.58. The van der Waals surface area contributed by atoms with E-state index in [0.29, 0.717) is 39.0 Å². The van der Waals surface area contributed by atoms with Crippen LogP contribution < -0.4 is 16.4 Å². The molecule has 0 spiro atoms. The average molecular weight is 925 g/mol. The molecule has 1 heterocycles. The van der Waals surface area contributed by atoms with Crippen molar-refractivity contribution in [2.24, 2.45) is 27.9 Å². The maximum absolute atomic E-state index is 13.4. The molecule has 0 bridgehead atoms. The minimum atomic E-state index is -0.972. The summed E-state index contributed by atoms with van der Waals surface area (Å²) in [6.07, 6.45) is 5.02. The lowest BCUT2D eigenvalue weighted by Gasteiger charge is -2.44. The Morgan fingerprint density at radius 1 is 0.738 bits per heavy atom. The van der Waals surface area contributed by atoms with Crippen LogP contribution in [0, 0.1) is 22.2 Å². The highest BCUT2D eigenvalue weighted by Crippen LogP contribution is 2.43. The Bertz CT molecular complexity index is 1600. The molecule has 0 aromatic carbocycles. The zero-order valence-corrected chi connectivity index (χ0v) is 44.0. The number of nitrogens with two attached hydrogens (primary N) is 1. The molecule has 4 N–H and O–H groups in total. The highest BCUT2D eigenvalue weighted by molar-refractivity contribution is 5.84. The van der Waals surface area contributed by atoms with Crippen LogP contribution in [0.4, 0.5) is 0 Å². The van der Waals surface area contributed by atoms with Gasteiger partial charge in [-0.3, -0.25) is 28.8 Å². The molecule has 0 radical (unpaired) electrons. The zero-order valence-electron chi connectivity index (χ0n) is 44.0. The molecule has 0 saturated heterocycles. The number of ketones is 3. The molecule has 2 atom stereocenters. The van der Waals surface area contributed by atoms with Crippen LogP contribution in [0.3, 0.4) is 0 Å². The lowest BCUT2D eigenvalue weighted by atomic mass is 9.63. The van der Waals surface area contributed by atoms with Gasteiger partial charge in [-0.15, -0.1) is 5.10 Å². The molecule has 65 heavy (non-hydrogen) atoms. The topological polar surface area (TPSA) is 220 Å². The van der Waals surface area contributed by atoms with Gasteiger partial charge in [-0.05, 0) is 46.0 Å². The van der Waals surface area contributed by atoms with E-state index in [1.54, 1.807) is 13.8 Å². The molecule has 378 valence electrons. The van der Waals surface area contributed by atoms with Crippen molar-refractivity contribution in [1.82, 2.24) is 25.6 Å². The van der Waals surface area contributed by atoms with Crippen molar-refractivity contribution < 1.29 is 47.7 Å². The first-order valence-corrected chi connectivity index (χ1v) is 23.7. The van der Waals surface area contributed by atoms with Gasteiger partial charge in [0.2, 0.25) is 17.7 Å².